The average Bonchev–Trinajstić information content (AvgIpc) is 2.75. The zero-order valence-electron chi connectivity index (χ0n) is 14.8. The molecule has 0 spiro atoms. The van der Waals surface area contributed by atoms with Gasteiger partial charge in [-0.1, -0.05) is 78.3 Å². The number of amides is 1. The van der Waals surface area contributed by atoms with E-state index in [-0.39, 0.29) is 5.91 Å². The van der Waals surface area contributed by atoms with Crippen molar-refractivity contribution in [3.05, 3.63) is 101 Å². The molecule has 1 amide bonds. The molecule has 1 heterocycles. The van der Waals surface area contributed by atoms with Crippen LogP contribution >= 0.6 is 11.6 Å². The number of halogens is 1. The number of benzene rings is 3. The monoisotopic (exact) mass is 385 g/mol. The standard InChI is InChI=1S/C23H16ClN3O/c24-20-12-6-4-10-17(20)15-25-27-23(28)19-14-22(16-8-2-1-3-9-16)26-21-13-7-5-11-18(19)21/h1-15H,(H,27,28)/b25-15-. The number of carbonyl (C=O) groups is 1. The van der Waals surface area contributed by atoms with Gasteiger partial charge in [0, 0.05) is 21.5 Å². The van der Waals surface area contributed by atoms with E-state index in [2.05, 4.69) is 10.5 Å². The van der Waals surface area contributed by atoms with Gasteiger partial charge in [0.25, 0.3) is 5.91 Å². The van der Waals surface area contributed by atoms with E-state index in [0.717, 1.165) is 27.7 Å². The molecule has 3 aromatic carbocycles. The van der Waals surface area contributed by atoms with Gasteiger partial charge in [-0.15, -0.1) is 0 Å². The molecule has 0 aliphatic rings. The Balaban J connectivity index is 1.69. The van der Waals surface area contributed by atoms with Gasteiger partial charge in [-0.05, 0) is 18.2 Å². The Bertz CT molecular complexity index is 1170. The molecule has 0 saturated heterocycles. The van der Waals surface area contributed by atoms with Gasteiger partial charge < -0.3 is 0 Å². The first kappa shape index (κ1) is 17.9. The molecule has 4 rings (SSSR count). The summed E-state index contributed by atoms with van der Waals surface area (Å²) in [6.45, 7) is 0. The van der Waals surface area contributed by atoms with Gasteiger partial charge in [0.15, 0.2) is 0 Å². The van der Waals surface area contributed by atoms with Crippen molar-refractivity contribution in [1.82, 2.24) is 10.4 Å². The van der Waals surface area contributed by atoms with Gasteiger partial charge in [0.2, 0.25) is 0 Å². The molecule has 1 aromatic heterocycles. The van der Waals surface area contributed by atoms with E-state index >= 15 is 0 Å². The van der Waals surface area contributed by atoms with Crippen molar-refractivity contribution < 1.29 is 4.79 Å². The van der Waals surface area contributed by atoms with Crippen LogP contribution in [0.2, 0.25) is 5.02 Å². The highest BCUT2D eigenvalue weighted by Gasteiger charge is 2.13. The van der Waals surface area contributed by atoms with Gasteiger partial charge in [0.1, 0.15) is 0 Å². The van der Waals surface area contributed by atoms with Gasteiger partial charge in [-0.2, -0.15) is 5.10 Å². The molecule has 136 valence electrons. The number of para-hydroxylation sites is 1. The highest BCUT2D eigenvalue weighted by atomic mass is 35.5. The van der Waals surface area contributed by atoms with Crippen molar-refractivity contribution in [1.29, 1.82) is 0 Å². The van der Waals surface area contributed by atoms with Gasteiger partial charge >= 0.3 is 0 Å². The second-order valence-electron chi connectivity index (χ2n) is 6.16. The van der Waals surface area contributed by atoms with Crippen LogP contribution in [0.15, 0.2) is 90.0 Å². The number of aromatic nitrogens is 1. The highest BCUT2D eigenvalue weighted by Crippen LogP contribution is 2.24. The maximum absolute atomic E-state index is 12.8. The van der Waals surface area contributed by atoms with Crippen LogP contribution in [-0.2, 0) is 0 Å². The molecule has 0 unspecified atom stereocenters. The smallest absolute Gasteiger partial charge is 0.267 e. The summed E-state index contributed by atoms with van der Waals surface area (Å²) in [5.74, 6) is -0.306. The Morgan fingerprint density at radius 1 is 0.929 bits per heavy atom. The number of rotatable bonds is 4. The quantitative estimate of drug-likeness (QED) is 0.382. The maximum atomic E-state index is 12.8. The summed E-state index contributed by atoms with van der Waals surface area (Å²) in [7, 11) is 0. The summed E-state index contributed by atoms with van der Waals surface area (Å²) in [4.78, 5) is 17.5. The fourth-order valence-corrected chi connectivity index (χ4v) is 3.11. The van der Waals surface area contributed by atoms with Crippen molar-refractivity contribution in [2.24, 2.45) is 5.10 Å². The molecular weight excluding hydrogens is 370 g/mol. The number of fused-ring (bicyclic) bond motifs is 1. The lowest BCUT2D eigenvalue weighted by molar-refractivity contribution is 0.0956. The minimum atomic E-state index is -0.306. The number of hydrogen-bond donors (Lipinski definition) is 1. The van der Waals surface area contributed by atoms with Gasteiger partial charge in [0.05, 0.1) is 23.0 Å². The molecule has 0 radical (unpaired) electrons. The average molecular weight is 386 g/mol. The Morgan fingerprint density at radius 3 is 2.46 bits per heavy atom. The summed E-state index contributed by atoms with van der Waals surface area (Å²) >= 11 is 6.11. The first-order valence-electron chi connectivity index (χ1n) is 8.75. The number of carbonyl (C=O) groups excluding carboxylic acids is 1. The number of pyridine rings is 1. The second kappa shape index (κ2) is 8.03. The van der Waals surface area contributed by atoms with Crippen molar-refractivity contribution in [2.45, 2.75) is 0 Å². The summed E-state index contributed by atoms with van der Waals surface area (Å²) in [6, 6.07) is 26.4. The third kappa shape index (κ3) is 3.77. The largest absolute Gasteiger partial charge is 0.272 e. The lowest BCUT2D eigenvalue weighted by Gasteiger charge is -2.09. The minimum Gasteiger partial charge on any atom is -0.267 e. The van der Waals surface area contributed by atoms with Crippen LogP contribution in [0.3, 0.4) is 0 Å². The van der Waals surface area contributed by atoms with Crippen molar-refractivity contribution in [2.75, 3.05) is 0 Å². The van der Waals surface area contributed by atoms with Crippen molar-refractivity contribution in [3.8, 4) is 11.3 Å². The van der Waals surface area contributed by atoms with Crippen LogP contribution in [0.5, 0.6) is 0 Å². The lowest BCUT2D eigenvalue weighted by Crippen LogP contribution is -2.18. The fourth-order valence-electron chi connectivity index (χ4n) is 2.92. The van der Waals surface area contributed by atoms with Gasteiger partial charge in [-0.25, -0.2) is 10.4 Å². The fraction of sp³-hybridized carbons (Fsp3) is 0. The van der Waals surface area contributed by atoms with Crippen LogP contribution in [-0.4, -0.2) is 17.1 Å². The van der Waals surface area contributed by atoms with E-state index in [4.69, 9.17) is 16.6 Å². The maximum Gasteiger partial charge on any atom is 0.272 e. The zero-order valence-corrected chi connectivity index (χ0v) is 15.6. The number of hydrazone groups is 1. The van der Waals surface area contributed by atoms with Crippen LogP contribution < -0.4 is 5.43 Å². The molecule has 4 aromatic rings. The molecule has 5 heteroatoms. The summed E-state index contributed by atoms with van der Waals surface area (Å²) in [5.41, 5.74) is 6.27. The molecule has 1 N–H and O–H groups in total. The Morgan fingerprint density at radius 2 is 1.64 bits per heavy atom. The minimum absolute atomic E-state index is 0.306. The third-order valence-corrected chi connectivity index (χ3v) is 4.65. The predicted octanol–water partition coefficient (Wildman–Crippen LogP) is 5.32. The van der Waals surface area contributed by atoms with Crippen molar-refractivity contribution >= 4 is 34.6 Å². The normalized spacial score (nSPS) is 11.0. The topological polar surface area (TPSA) is 54.4 Å². The Hall–Kier alpha value is -3.50. The van der Waals surface area contributed by atoms with E-state index in [1.807, 2.05) is 72.8 Å². The molecule has 4 nitrogen and oxygen atoms in total. The Kier molecular flexibility index (Phi) is 5.13. The van der Waals surface area contributed by atoms with E-state index in [1.54, 1.807) is 12.1 Å². The SMILES string of the molecule is O=C(N/N=C\c1ccccc1Cl)c1cc(-c2ccccc2)nc2ccccc12. The van der Waals surface area contributed by atoms with Crippen LogP contribution in [0.25, 0.3) is 22.2 Å². The number of nitrogens with one attached hydrogen (secondary N) is 1. The molecule has 0 saturated carbocycles. The second-order valence-corrected chi connectivity index (χ2v) is 6.57. The molecule has 0 fully saturated rings. The van der Waals surface area contributed by atoms with E-state index in [1.165, 1.54) is 6.21 Å². The van der Waals surface area contributed by atoms with E-state index < -0.39 is 0 Å². The summed E-state index contributed by atoms with van der Waals surface area (Å²) in [6.07, 6.45) is 1.53. The van der Waals surface area contributed by atoms with Crippen molar-refractivity contribution in [3.63, 3.8) is 0 Å². The zero-order chi connectivity index (χ0) is 19.3. The van der Waals surface area contributed by atoms with Crippen LogP contribution in [0.1, 0.15) is 15.9 Å². The molecule has 0 bridgehead atoms. The van der Waals surface area contributed by atoms with Gasteiger partial charge in [-0.3, -0.25) is 4.79 Å². The molecule has 0 atom stereocenters. The van der Waals surface area contributed by atoms with Crippen LogP contribution in [0, 0.1) is 0 Å². The first-order valence-corrected chi connectivity index (χ1v) is 9.13. The number of hydrogen-bond acceptors (Lipinski definition) is 3. The predicted molar refractivity (Wildman–Crippen MR) is 114 cm³/mol. The van der Waals surface area contributed by atoms with E-state index in [9.17, 15) is 4.79 Å². The van der Waals surface area contributed by atoms with Crippen LogP contribution in [0.4, 0.5) is 0 Å². The molecule has 0 aliphatic carbocycles. The highest BCUT2D eigenvalue weighted by molar-refractivity contribution is 6.33. The lowest BCUT2D eigenvalue weighted by atomic mass is 10.0. The van der Waals surface area contributed by atoms with E-state index in [0.29, 0.717) is 10.6 Å². The Labute approximate surface area is 167 Å². The number of nitrogens with zero attached hydrogens (tertiary/aromatic N) is 2. The summed E-state index contributed by atoms with van der Waals surface area (Å²) in [5, 5.41) is 5.40. The first-order chi connectivity index (χ1) is 13.7. The summed E-state index contributed by atoms with van der Waals surface area (Å²) < 4.78 is 0. The molecule has 0 aliphatic heterocycles. The third-order valence-electron chi connectivity index (χ3n) is 4.31. The molecular formula is C23H16ClN3O. The molecule has 28 heavy (non-hydrogen) atoms.